The van der Waals surface area contributed by atoms with Crippen molar-refractivity contribution in [2.45, 2.75) is 74.8 Å². The number of likely N-dealkylation sites (N-methyl/N-ethyl adjacent to an activating group) is 1. The smallest absolute Gasteiger partial charge is 0.340 e. The summed E-state index contributed by atoms with van der Waals surface area (Å²) in [5.74, 6) is -0.0519. The van der Waals surface area contributed by atoms with Crippen molar-refractivity contribution in [2.75, 3.05) is 13.6 Å². The second-order valence-electron chi connectivity index (χ2n) is 10.6. The second-order valence-corrected chi connectivity index (χ2v) is 10.6. The lowest BCUT2D eigenvalue weighted by Gasteiger charge is -2.61. The normalized spacial score (nSPS) is 30.1. The molecular weight excluding hydrogens is 476 g/mol. The van der Waals surface area contributed by atoms with Gasteiger partial charge in [-0.15, -0.1) is 0 Å². The Morgan fingerprint density at radius 3 is 2.97 bits per heavy atom. The first-order valence-electron chi connectivity index (χ1n) is 12.9. The van der Waals surface area contributed by atoms with Gasteiger partial charge in [0, 0.05) is 36.2 Å². The maximum absolute atomic E-state index is 13.5. The summed E-state index contributed by atoms with van der Waals surface area (Å²) < 4.78 is 12.5. The molecule has 5 atom stereocenters. The number of nitrogens with zero attached hydrogens (tertiary/aromatic N) is 2. The van der Waals surface area contributed by atoms with Gasteiger partial charge in [0.15, 0.2) is 12.1 Å². The molecule has 10 nitrogen and oxygen atoms in total. The number of amides is 1. The first-order valence-corrected chi connectivity index (χ1v) is 12.9. The van der Waals surface area contributed by atoms with Gasteiger partial charge in [-0.05, 0) is 44.5 Å². The molecule has 1 saturated heterocycles. The number of likely N-dealkylation sites (tertiary alicyclic amines) is 1. The standard InChI is InChI=1S/C27H32N4O6/c1-3-4-20(33)30-22(17-12-28-14-29-17)25(34)36-18-7-8-27(35)19-11-15-5-6-16(13-32)23-21(15)26(27,24(18)37-23)9-10-31(19)2/h5-7,12,14,19,22,24,32,35H,3-4,8-11,13H2,1-2H3,(H,28,29)(H,30,33)/t19-,22?,24+,26+,27-/m1/s1. The average Bonchev–Trinajstić information content (AvgIpc) is 3.53. The lowest BCUT2D eigenvalue weighted by molar-refractivity contribution is -0.170. The van der Waals surface area contributed by atoms with Gasteiger partial charge < -0.3 is 34.9 Å². The van der Waals surface area contributed by atoms with Crippen LogP contribution in [0.1, 0.15) is 61.0 Å². The van der Waals surface area contributed by atoms with Crippen molar-refractivity contribution in [3.63, 3.8) is 0 Å². The highest BCUT2D eigenvalue weighted by molar-refractivity contribution is 5.85. The van der Waals surface area contributed by atoms with Gasteiger partial charge in [0.1, 0.15) is 11.5 Å². The Balaban J connectivity index is 1.39. The van der Waals surface area contributed by atoms with Crippen LogP contribution in [0.4, 0.5) is 0 Å². The minimum atomic E-state index is -1.12. The van der Waals surface area contributed by atoms with E-state index in [1.54, 1.807) is 12.3 Å². The van der Waals surface area contributed by atoms with Crippen molar-refractivity contribution in [3.05, 3.63) is 58.9 Å². The summed E-state index contributed by atoms with van der Waals surface area (Å²) in [4.78, 5) is 35.1. The molecule has 6 rings (SSSR count). The Morgan fingerprint density at radius 2 is 2.24 bits per heavy atom. The first-order chi connectivity index (χ1) is 17.8. The molecule has 2 aromatic rings. The van der Waals surface area contributed by atoms with Crippen LogP contribution in [0.15, 0.2) is 36.5 Å². The number of carbonyl (C=O) groups is 2. The number of piperidine rings is 1. The third kappa shape index (κ3) is 3.32. The van der Waals surface area contributed by atoms with Crippen LogP contribution in [0.5, 0.6) is 5.75 Å². The van der Waals surface area contributed by atoms with Crippen molar-refractivity contribution >= 4 is 11.9 Å². The fraction of sp³-hybridized carbons (Fsp3) is 0.519. The molecule has 196 valence electrons. The molecule has 1 aromatic carbocycles. The number of carbonyl (C=O) groups excluding carboxylic acids is 2. The number of imidazole rings is 1. The van der Waals surface area contributed by atoms with E-state index in [1.807, 2.05) is 26.1 Å². The summed E-state index contributed by atoms with van der Waals surface area (Å²) in [6, 6.07) is 2.68. The Labute approximate surface area is 214 Å². The number of aliphatic hydroxyl groups excluding tert-OH is 1. The molecule has 0 radical (unpaired) electrons. The molecule has 0 saturated carbocycles. The molecule has 2 bridgehead atoms. The van der Waals surface area contributed by atoms with Crippen LogP contribution in [-0.4, -0.2) is 68.3 Å². The van der Waals surface area contributed by atoms with Crippen LogP contribution in [0.3, 0.4) is 0 Å². The molecule has 1 aromatic heterocycles. The molecular formula is C27H32N4O6. The third-order valence-corrected chi connectivity index (χ3v) is 8.68. The highest BCUT2D eigenvalue weighted by Gasteiger charge is 2.71. The SMILES string of the molecule is CCCC(=O)NC(C(=O)OC1=CC[C@@]2(O)[C@H]3Cc4ccc(CO)c5c4[C@@]2(CCN3C)[C@H]1O5)c1c[nH]cn1. The molecule has 1 amide bonds. The number of nitrogens with one attached hydrogen (secondary N) is 2. The largest absolute Gasteiger partial charge is 0.481 e. The van der Waals surface area contributed by atoms with Gasteiger partial charge in [0.05, 0.1) is 29.6 Å². The topological polar surface area (TPSA) is 137 Å². The Kier molecular flexibility index (Phi) is 5.66. The monoisotopic (exact) mass is 508 g/mol. The Hall–Kier alpha value is -3.21. The van der Waals surface area contributed by atoms with Crippen molar-refractivity contribution in [3.8, 4) is 5.75 Å². The fourth-order valence-electron chi connectivity index (χ4n) is 6.95. The van der Waals surface area contributed by atoms with E-state index in [4.69, 9.17) is 9.47 Å². The number of esters is 1. The van der Waals surface area contributed by atoms with E-state index >= 15 is 0 Å². The maximum atomic E-state index is 13.5. The molecule has 1 fully saturated rings. The van der Waals surface area contributed by atoms with Crippen LogP contribution in [0, 0.1) is 0 Å². The Morgan fingerprint density at radius 1 is 1.41 bits per heavy atom. The zero-order chi connectivity index (χ0) is 25.9. The van der Waals surface area contributed by atoms with E-state index in [0.29, 0.717) is 48.4 Å². The van der Waals surface area contributed by atoms with Gasteiger partial charge >= 0.3 is 5.97 Å². The number of hydrogen-bond donors (Lipinski definition) is 4. The van der Waals surface area contributed by atoms with Gasteiger partial charge in [-0.25, -0.2) is 9.78 Å². The lowest BCUT2D eigenvalue weighted by Crippen LogP contribution is -2.74. The highest BCUT2D eigenvalue weighted by atomic mass is 16.6. The molecule has 2 aliphatic heterocycles. The molecule has 4 N–H and O–H groups in total. The van der Waals surface area contributed by atoms with Gasteiger partial charge in [-0.3, -0.25) is 4.79 Å². The zero-order valence-electron chi connectivity index (χ0n) is 21.0. The predicted octanol–water partition coefficient (Wildman–Crippen LogP) is 1.38. The summed E-state index contributed by atoms with van der Waals surface area (Å²) in [5.41, 5.74) is 1.08. The molecule has 4 aliphatic rings. The zero-order valence-corrected chi connectivity index (χ0v) is 21.0. The number of aromatic amines is 1. The van der Waals surface area contributed by atoms with E-state index in [9.17, 15) is 19.8 Å². The van der Waals surface area contributed by atoms with Crippen molar-refractivity contribution < 1.29 is 29.3 Å². The molecule has 10 heteroatoms. The van der Waals surface area contributed by atoms with Crippen LogP contribution >= 0.6 is 0 Å². The lowest BCUT2D eigenvalue weighted by atomic mass is 9.50. The van der Waals surface area contributed by atoms with Gasteiger partial charge in [0.2, 0.25) is 5.91 Å². The van der Waals surface area contributed by atoms with Crippen molar-refractivity contribution in [1.29, 1.82) is 0 Å². The molecule has 1 spiro atoms. The summed E-state index contributed by atoms with van der Waals surface area (Å²) in [6.45, 7) is 2.44. The third-order valence-electron chi connectivity index (χ3n) is 8.68. The number of benzene rings is 1. The number of H-pyrrole nitrogens is 1. The molecule has 3 heterocycles. The van der Waals surface area contributed by atoms with Gasteiger partial charge in [-0.2, -0.15) is 0 Å². The van der Waals surface area contributed by atoms with E-state index in [-0.39, 0.29) is 25.0 Å². The van der Waals surface area contributed by atoms with Crippen LogP contribution < -0.4 is 10.1 Å². The first kappa shape index (κ1) is 24.1. The number of aliphatic hydroxyl groups is 2. The summed E-state index contributed by atoms with van der Waals surface area (Å²) in [7, 11) is 2.03. The minimum Gasteiger partial charge on any atom is -0.481 e. The van der Waals surface area contributed by atoms with E-state index in [2.05, 4.69) is 20.2 Å². The molecule has 1 unspecified atom stereocenters. The Bertz CT molecular complexity index is 1280. The minimum absolute atomic E-state index is 0.121. The summed E-state index contributed by atoms with van der Waals surface area (Å²) in [6.07, 6.45) is 6.49. The quantitative estimate of drug-likeness (QED) is 0.412. The summed E-state index contributed by atoms with van der Waals surface area (Å²) >= 11 is 0. The predicted molar refractivity (Wildman–Crippen MR) is 131 cm³/mol. The highest BCUT2D eigenvalue weighted by Crippen LogP contribution is 2.64. The van der Waals surface area contributed by atoms with Crippen LogP contribution in [0.2, 0.25) is 0 Å². The van der Waals surface area contributed by atoms with E-state index in [1.165, 1.54) is 6.33 Å². The fourth-order valence-corrected chi connectivity index (χ4v) is 6.95. The van der Waals surface area contributed by atoms with Crippen molar-refractivity contribution in [2.24, 2.45) is 0 Å². The van der Waals surface area contributed by atoms with Crippen LogP contribution in [0.25, 0.3) is 0 Å². The van der Waals surface area contributed by atoms with E-state index < -0.39 is 29.1 Å². The number of hydrogen-bond acceptors (Lipinski definition) is 8. The van der Waals surface area contributed by atoms with Crippen molar-refractivity contribution in [1.82, 2.24) is 20.2 Å². The van der Waals surface area contributed by atoms with Gasteiger partial charge in [-0.1, -0.05) is 19.1 Å². The molecule has 2 aliphatic carbocycles. The number of aromatic nitrogens is 2. The van der Waals surface area contributed by atoms with Gasteiger partial charge in [0.25, 0.3) is 0 Å². The second kappa shape index (κ2) is 8.68. The van der Waals surface area contributed by atoms with E-state index in [0.717, 1.165) is 17.7 Å². The number of rotatable bonds is 7. The van der Waals surface area contributed by atoms with Crippen LogP contribution in [-0.2, 0) is 32.8 Å². The average molecular weight is 509 g/mol. The summed E-state index contributed by atoms with van der Waals surface area (Å²) in [5, 5.41) is 25.1. The maximum Gasteiger partial charge on any atom is 0.340 e. The molecule has 37 heavy (non-hydrogen) atoms. The number of ether oxygens (including phenoxy) is 2.